The van der Waals surface area contributed by atoms with Gasteiger partial charge in [0, 0.05) is 6.42 Å². The maximum Gasteiger partial charge on any atom is 0.231 e. The minimum atomic E-state index is -0.0606. The summed E-state index contributed by atoms with van der Waals surface area (Å²) in [6, 6.07) is 14.0. The lowest BCUT2D eigenvalue weighted by molar-refractivity contribution is -0.121. The summed E-state index contributed by atoms with van der Waals surface area (Å²) in [6.07, 6.45) is 1.24. The summed E-state index contributed by atoms with van der Waals surface area (Å²) in [5.74, 6) is 1.55. The van der Waals surface area contributed by atoms with E-state index in [-0.39, 0.29) is 18.7 Å². The van der Waals surface area contributed by atoms with Crippen molar-refractivity contribution in [3.63, 3.8) is 0 Å². The Balaban J connectivity index is 1.55. The highest BCUT2D eigenvalue weighted by Crippen LogP contribution is 2.34. The number of carbonyl (C=O) groups excluding carboxylic acids is 1. The van der Waals surface area contributed by atoms with Gasteiger partial charge in [-0.1, -0.05) is 35.9 Å². The van der Waals surface area contributed by atoms with Gasteiger partial charge in [0.25, 0.3) is 0 Å². The van der Waals surface area contributed by atoms with Gasteiger partial charge in [-0.15, -0.1) is 0 Å². The van der Waals surface area contributed by atoms with Gasteiger partial charge in [0.1, 0.15) is 0 Å². The normalized spacial score (nSPS) is 13.7. The molecule has 1 unspecified atom stereocenters. The molecule has 4 nitrogen and oxygen atoms in total. The molecule has 4 heteroatoms. The first-order chi connectivity index (χ1) is 11.1. The lowest BCUT2D eigenvalue weighted by Gasteiger charge is -2.15. The molecule has 1 aliphatic rings. The lowest BCUT2D eigenvalue weighted by atomic mass is 10.1. The number of fused-ring (bicyclic) bond motifs is 1. The van der Waals surface area contributed by atoms with Crippen molar-refractivity contribution in [3.8, 4) is 11.5 Å². The number of aryl methyl sites for hydroxylation is 2. The monoisotopic (exact) mass is 311 g/mol. The highest BCUT2D eigenvalue weighted by Gasteiger charge is 2.16. The third kappa shape index (κ3) is 3.83. The van der Waals surface area contributed by atoms with E-state index in [1.807, 2.05) is 31.2 Å². The van der Waals surface area contributed by atoms with Crippen molar-refractivity contribution in [2.75, 3.05) is 6.79 Å². The van der Waals surface area contributed by atoms with Crippen LogP contribution in [0.3, 0.4) is 0 Å². The Morgan fingerprint density at radius 3 is 2.83 bits per heavy atom. The van der Waals surface area contributed by atoms with E-state index in [1.165, 1.54) is 11.1 Å². The molecule has 1 amide bonds. The Labute approximate surface area is 136 Å². The summed E-state index contributed by atoms with van der Waals surface area (Å²) in [4.78, 5) is 12.2. The van der Waals surface area contributed by atoms with Crippen LogP contribution in [0.2, 0.25) is 0 Å². The number of nitrogens with one attached hydrogen (secondary N) is 1. The summed E-state index contributed by atoms with van der Waals surface area (Å²) < 4.78 is 10.7. The van der Waals surface area contributed by atoms with E-state index in [0.29, 0.717) is 6.42 Å². The SMILES string of the molecule is Cc1cccc(CCC(=O)NC(C)c2ccc3c(c2)OCO3)c1. The van der Waals surface area contributed by atoms with Gasteiger partial charge in [0.05, 0.1) is 6.04 Å². The van der Waals surface area contributed by atoms with Crippen molar-refractivity contribution in [2.24, 2.45) is 0 Å². The van der Waals surface area contributed by atoms with Gasteiger partial charge in [-0.05, 0) is 43.5 Å². The highest BCUT2D eigenvalue weighted by atomic mass is 16.7. The molecule has 0 bridgehead atoms. The fraction of sp³-hybridized carbons (Fsp3) is 0.316. The van der Waals surface area contributed by atoms with Crippen LogP contribution in [-0.2, 0) is 11.2 Å². The molecule has 1 atom stereocenters. The van der Waals surface area contributed by atoms with E-state index in [9.17, 15) is 4.79 Å². The number of carbonyl (C=O) groups is 1. The number of hydrogen-bond acceptors (Lipinski definition) is 3. The van der Waals surface area contributed by atoms with Crippen LogP contribution < -0.4 is 14.8 Å². The van der Waals surface area contributed by atoms with Gasteiger partial charge in [-0.25, -0.2) is 0 Å². The van der Waals surface area contributed by atoms with Crippen LogP contribution in [0.15, 0.2) is 42.5 Å². The lowest BCUT2D eigenvalue weighted by Crippen LogP contribution is -2.26. The van der Waals surface area contributed by atoms with Crippen molar-refractivity contribution in [2.45, 2.75) is 32.7 Å². The molecule has 0 saturated carbocycles. The molecular formula is C19H21NO3. The molecule has 0 radical (unpaired) electrons. The summed E-state index contributed by atoms with van der Waals surface area (Å²) >= 11 is 0. The number of amides is 1. The molecule has 0 aromatic heterocycles. The third-order valence-electron chi connectivity index (χ3n) is 4.00. The number of ether oxygens (including phenoxy) is 2. The second-order valence-corrected chi connectivity index (χ2v) is 5.89. The minimum Gasteiger partial charge on any atom is -0.454 e. The van der Waals surface area contributed by atoms with Crippen molar-refractivity contribution >= 4 is 5.91 Å². The Bertz CT molecular complexity index is 712. The van der Waals surface area contributed by atoms with Crippen LogP contribution in [-0.4, -0.2) is 12.7 Å². The van der Waals surface area contributed by atoms with Crippen molar-refractivity contribution in [1.29, 1.82) is 0 Å². The average molecular weight is 311 g/mol. The average Bonchev–Trinajstić information content (AvgIpc) is 3.00. The molecule has 0 fully saturated rings. The van der Waals surface area contributed by atoms with E-state index in [2.05, 4.69) is 30.4 Å². The molecule has 0 aliphatic carbocycles. The first-order valence-electron chi connectivity index (χ1n) is 7.86. The van der Waals surface area contributed by atoms with Crippen molar-refractivity contribution in [1.82, 2.24) is 5.32 Å². The van der Waals surface area contributed by atoms with Crippen LogP contribution in [0.25, 0.3) is 0 Å². The fourth-order valence-corrected chi connectivity index (χ4v) is 2.70. The molecule has 1 N–H and O–H groups in total. The van der Waals surface area contributed by atoms with Gasteiger partial charge >= 0.3 is 0 Å². The number of rotatable bonds is 5. The van der Waals surface area contributed by atoms with E-state index < -0.39 is 0 Å². The standard InChI is InChI=1S/C19H21NO3/c1-13-4-3-5-15(10-13)6-9-19(21)20-14(2)16-7-8-17-18(11-16)23-12-22-17/h3-5,7-8,10-11,14H,6,9,12H2,1-2H3,(H,20,21). The molecular weight excluding hydrogens is 290 g/mol. The van der Waals surface area contributed by atoms with Crippen molar-refractivity contribution < 1.29 is 14.3 Å². The molecule has 2 aromatic carbocycles. The zero-order valence-electron chi connectivity index (χ0n) is 13.5. The second-order valence-electron chi connectivity index (χ2n) is 5.89. The molecule has 23 heavy (non-hydrogen) atoms. The minimum absolute atomic E-state index is 0.0525. The molecule has 1 aliphatic heterocycles. The van der Waals surface area contributed by atoms with Gasteiger partial charge in [-0.2, -0.15) is 0 Å². The maximum atomic E-state index is 12.2. The first kappa shape index (κ1) is 15.4. The Morgan fingerprint density at radius 2 is 2.00 bits per heavy atom. The van der Waals surface area contributed by atoms with E-state index >= 15 is 0 Å². The van der Waals surface area contributed by atoms with E-state index in [0.717, 1.165) is 23.5 Å². The van der Waals surface area contributed by atoms with Crippen molar-refractivity contribution in [3.05, 3.63) is 59.2 Å². The fourth-order valence-electron chi connectivity index (χ4n) is 2.70. The molecule has 3 rings (SSSR count). The zero-order valence-corrected chi connectivity index (χ0v) is 13.5. The van der Waals surface area contributed by atoms with E-state index in [4.69, 9.17) is 9.47 Å². The summed E-state index contributed by atoms with van der Waals surface area (Å²) in [5.41, 5.74) is 3.42. The zero-order chi connectivity index (χ0) is 16.2. The van der Waals surface area contributed by atoms with Crippen LogP contribution in [0.1, 0.15) is 36.1 Å². The Morgan fingerprint density at radius 1 is 1.17 bits per heavy atom. The number of benzene rings is 2. The smallest absolute Gasteiger partial charge is 0.231 e. The van der Waals surface area contributed by atoms with Gasteiger partial charge in [-0.3, -0.25) is 4.79 Å². The molecule has 0 saturated heterocycles. The van der Waals surface area contributed by atoms with Gasteiger partial charge in [0.2, 0.25) is 12.7 Å². The quantitative estimate of drug-likeness (QED) is 0.919. The molecule has 0 spiro atoms. The Hall–Kier alpha value is -2.49. The number of hydrogen-bond donors (Lipinski definition) is 1. The molecule has 1 heterocycles. The predicted molar refractivity (Wildman–Crippen MR) is 88.6 cm³/mol. The van der Waals surface area contributed by atoms with E-state index in [1.54, 1.807) is 0 Å². The molecule has 120 valence electrons. The predicted octanol–water partition coefficient (Wildman–Crippen LogP) is 3.53. The van der Waals surface area contributed by atoms with Crippen LogP contribution in [0.4, 0.5) is 0 Å². The Kier molecular flexibility index (Phi) is 4.51. The first-order valence-corrected chi connectivity index (χ1v) is 7.86. The van der Waals surface area contributed by atoms with Crippen LogP contribution in [0.5, 0.6) is 11.5 Å². The van der Waals surface area contributed by atoms with Crippen LogP contribution in [0, 0.1) is 6.92 Å². The molecule has 2 aromatic rings. The topological polar surface area (TPSA) is 47.6 Å². The summed E-state index contributed by atoms with van der Waals surface area (Å²) in [5, 5.41) is 3.04. The van der Waals surface area contributed by atoms with Crippen LogP contribution >= 0.6 is 0 Å². The third-order valence-corrected chi connectivity index (χ3v) is 4.00. The highest BCUT2D eigenvalue weighted by molar-refractivity contribution is 5.76. The second kappa shape index (κ2) is 6.73. The summed E-state index contributed by atoms with van der Waals surface area (Å²) in [6.45, 7) is 4.30. The van der Waals surface area contributed by atoms with Gasteiger partial charge < -0.3 is 14.8 Å². The maximum absolute atomic E-state index is 12.2. The summed E-state index contributed by atoms with van der Waals surface area (Å²) in [7, 11) is 0. The van der Waals surface area contributed by atoms with Gasteiger partial charge in [0.15, 0.2) is 11.5 Å². The largest absolute Gasteiger partial charge is 0.454 e.